The summed E-state index contributed by atoms with van der Waals surface area (Å²) in [6.07, 6.45) is 0. The number of esters is 1. The van der Waals surface area contributed by atoms with Gasteiger partial charge in [-0.1, -0.05) is 48.5 Å². The third-order valence-corrected chi connectivity index (χ3v) is 3.92. The highest BCUT2D eigenvalue weighted by Crippen LogP contribution is 2.25. The van der Waals surface area contributed by atoms with Crippen LogP contribution < -0.4 is 9.64 Å². The molecule has 136 valence electrons. The second-order valence-electron chi connectivity index (χ2n) is 5.78. The van der Waals surface area contributed by atoms with Crippen LogP contribution in [0, 0.1) is 0 Å². The van der Waals surface area contributed by atoms with Crippen LogP contribution in [0.25, 0.3) is 0 Å². The smallest absolute Gasteiger partial charge is 0.342 e. The van der Waals surface area contributed by atoms with E-state index in [9.17, 15) is 9.59 Å². The van der Waals surface area contributed by atoms with Crippen molar-refractivity contribution >= 4 is 17.6 Å². The summed E-state index contributed by atoms with van der Waals surface area (Å²) < 4.78 is 11.0. The molecule has 0 saturated carbocycles. The van der Waals surface area contributed by atoms with Crippen LogP contribution in [-0.2, 0) is 9.53 Å². The molecule has 0 aromatic heterocycles. The van der Waals surface area contributed by atoms with Gasteiger partial charge in [-0.3, -0.25) is 4.79 Å². The first kappa shape index (κ1) is 18.2. The van der Waals surface area contributed by atoms with Crippen LogP contribution in [0.5, 0.6) is 11.5 Å². The summed E-state index contributed by atoms with van der Waals surface area (Å²) in [5.41, 5.74) is 0.989. The normalized spacial score (nSPS) is 10.1. The topological polar surface area (TPSA) is 55.8 Å². The van der Waals surface area contributed by atoms with Crippen molar-refractivity contribution in [2.24, 2.45) is 0 Å². The summed E-state index contributed by atoms with van der Waals surface area (Å²) in [5, 5.41) is 0. The third kappa shape index (κ3) is 4.73. The fourth-order valence-electron chi connectivity index (χ4n) is 2.44. The van der Waals surface area contributed by atoms with Gasteiger partial charge >= 0.3 is 5.97 Å². The minimum absolute atomic E-state index is 0.261. The fraction of sp³-hybridized carbons (Fsp3) is 0.0909. The molecule has 0 bridgehead atoms. The number of anilines is 1. The van der Waals surface area contributed by atoms with Crippen LogP contribution in [0.3, 0.4) is 0 Å². The zero-order chi connectivity index (χ0) is 19.1. The number of likely N-dealkylation sites (N-methyl/N-ethyl adjacent to an activating group) is 1. The first-order chi connectivity index (χ1) is 13.1. The Hall–Kier alpha value is -3.60. The zero-order valence-electron chi connectivity index (χ0n) is 14.9. The lowest BCUT2D eigenvalue weighted by molar-refractivity contribution is -0.121. The Morgan fingerprint density at radius 3 is 2.11 bits per heavy atom. The molecule has 0 heterocycles. The van der Waals surface area contributed by atoms with Crippen molar-refractivity contribution in [1.29, 1.82) is 0 Å². The van der Waals surface area contributed by atoms with E-state index in [2.05, 4.69) is 0 Å². The van der Waals surface area contributed by atoms with Gasteiger partial charge in [0.1, 0.15) is 17.1 Å². The lowest BCUT2D eigenvalue weighted by Crippen LogP contribution is -2.31. The molecular formula is C22H19NO4. The number of nitrogens with zero attached hydrogens (tertiary/aromatic N) is 1. The maximum Gasteiger partial charge on any atom is 0.342 e. The summed E-state index contributed by atoms with van der Waals surface area (Å²) in [5.74, 6) is 0.0440. The molecule has 0 N–H and O–H groups in total. The summed E-state index contributed by atoms with van der Waals surface area (Å²) in [6, 6.07) is 25.1. The molecular weight excluding hydrogens is 342 g/mol. The number of hydrogen-bond donors (Lipinski definition) is 0. The van der Waals surface area contributed by atoms with Gasteiger partial charge in [0.05, 0.1) is 0 Å². The molecule has 27 heavy (non-hydrogen) atoms. The van der Waals surface area contributed by atoms with E-state index in [0.29, 0.717) is 11.5 Å². The highest BCUT2D eigenvalue weighted by molar-refractivity contribution is 5.97. The molecule has 0 unspecified atom stereocenters. The van der Waals surface area contributed by atoms with E-state index in [-0.39, 0.29) is 18.1 Å². The maximum absolute atomic E-state index is 12.4. The summed E-state index contributed by atoms with van der Waals surface area (Å²) in [6.45, 7) is -0.357. The largest absolute Gasteiger partial charge is 0.456 e. The van der Waals surface area contributed by atoms with Crippen molar-refractivity contribution in [2.45, 2.75) is 0 Å². The average molecular weight is 361 g/mol. The van der Waals surface area contributed by atoms with Gasteiger partial charge in [0.25, 0.3) is 5.91 Å². The van der Waals surface area contributed by atoms with Crippen molar-refractivity contribution in [3.63, 3.8) is 0 Å². The molecule has 3 aromatic carbocycles. The molecule has 0 aliphatic carbocycles. The number of carbonyl (C=O) groups is 2. The second kappa shape index (κ2) is 8.67. The van der Waals surface area contributed by atoms with Gasteiger partial charge in [-0.15, -0.1) is 0 Å². The Balaban J connectivity index is 1.65. The Morgan fingerprint density at radius 2 is 1.41 bits per heavy atom. The van der Waals surface area contributed by atoms with Gasteiger partial charge in [-0.2, -0.15) is 0 Å². The van der Waals surface area contributed by atoms with Gasteiger partial charge in [0.2, 0.25) is 0 Å². The molecule has 5 nitrogen and oxygen atoms in total. The molecule has 0 radical (unpaired) electrons. The molecule has 0 aliphatic rings. The lowest BCUT2D eigenvalue weighted by atomic mass is 10.2. The third-order valence-electron chi connectivity index (χ3n) is 3.92. The molecule has 0 saturated heterocycles. The maximum atomic E-state index is 12.4. The molecule has 1 amide bonds. The minimum Gasteiger partial charge on any atom is -0.456 e. The Bertz CT molecular complexity index is 910. The van der Waals surface area contributed by atoms with Gasteiger partial charge in [0, 0.05) is 12.7 Å². The standard InChI is InChI=1S/C22H19NO4/c1-23(17-10-4-2-5-11-17)21(24)16-26-22(25)19-14-8-9-15-20(19)27-18-12-6-3-7-13-18/h2-15H,16H2,1H3. The van der Waals surface area contributed by atoms with Gasteiger partial charge in [0.15, 0.2) is 6.61 Å². The quantitative estimate of drug-likeness (QED) is 0.614. The highest BCUT2D eigenvalue weighted by Gasteiger charge is 2.18. The van der Waals surface area contributed by atoms with Crippen LogP contribution in [0.15, 0.2) is 84.9 Å². The fourth-order valence-corrected chi connectivity index (χ4v) is 2.44. The van der Waals surface area contributed by atoms with Crippen molar-refractivity contribution in [3.8, 4) is 11.5 Å². The molecule has 0 spiro atoms. The highest BCUT2D eigenvalue weighted by atomic mass is 16.5. The molecule has 5 heteroatoms. The number of carbonyl (C=O) groups excluding carboxylic acids is 2. The van der Waals surface area contributed by atoms with E-state index < -0.39 is 5.97 Å². The SMILES string of the molecule is CN(C(=O)COC(=O)c1ccccc1Oc1ccccc1)c1ccccc1. The van der Waals surface area contributed by atoms with Crippen molar-refractivity contribution in [1.82, 2.24) is 0 Å². The Kier molecular flexibility index (Phi) is 5.84. The molecule has 3 aromatic rings. The van der Waals surface area contributed by atoms with Crippen molar-refractivity contribution in [3.05, 3.63) is 90.5 Å². The number of benzene rings is 3. The van der Waals surface area contributed by atoms with E-state index in [4.69, 9.17) is 9.47 Å². The van der Waals surface area contributed by atoms with Crippen LogP contribution in [0.1, 0.15) is 10.4 Å². The predicted octanol–water partition coefficient (Wildman–Crippen LogP) is 4.30. The Labute approximate surface area is 157 Å². The average Bonchev–Trinajstić information content (AvgIpc) is 2.73. The van der Waals surface area contributed by atoms with Crippen LogP contribution in [-0.4, -0.2) is 25.5 Å². The van der Waals surface area contributed by atoms with Crippen LogP contribution in [0.2, 0.25) is 0 Å². The minimum atomic E-state index is -0.614. The van der Waals surface area contributed by atoms with E-state index in [1.54, 1.807) is 43.4 Å². The monoisotopic (exact) mass is 361 g/mol. The molecule has 0 aliphatic heterocycles. The summed E-state index contributed by atoms with van der Waals surface area (Å²) in [7, 11) is 1.64. The lowest BCUT2D eigenvalue weighted by Gasteiger charge is -2.17. The number of para-hydroxylation sites is 3. The van der Waals surface area contributed by atoms with E-state index in [1.165, 1.54) is 4.90 Å². The predicted molar refractivity (Wildman–Crippen MR) is 103 cm³/mol. The van der Waals surface area contributed by atoms with Gasteiger partial charge in [-0.05, 0) is 36.4 Å². The van der Waals surface area contributed by atoms with E-state index in [0.717, 1.165) is 5.69 Å². The van der Waals surface area contributed by atoms with Crippen LogP contribution >= 0.6 is 0 Å². The van der Waals surface area contributed by atoms with Crippen molar-refractivity contribution in [2.75, 3.05) is 18.6 Å². The number of rotatable bonds is 6. The zero-order valence-corrected chi connectivity index (χ0v) is 14.9. The first-order valence-corrected chi connectivity index (χ1v) is 8.46. The van der Waals surface area contributed by atoms with Crippen molar-refractivity contribution < 1.29 is 19.1 Å². The van der Waals surface area contributed by atoms with Gasteiger partial charge < -0.3 is 14.4 Å². The summed E-state index contributed by atoms with van der Waals surface area (Å²) in [4.78, 5) is 26.2. The number of hydrogen-bond acceptors (Lipinski definition) is 4. The van der Waals surface area contributed by atoms with Crippen LogP contribution in [0.4, 0.5) is 5.69 Å². The molecule has 0 fully saturated rings. The number of ether oxygens (including phenoxy) is 2. The van der Waals surface area contributed by atoms with E-state index >= 15 is 0 Å². The first-order valence-electron chi connectivity index (χ1n) is 8.46. The number of amides is 1. The second-order valence-corrected chi connectivity index (χ2v) is 5.78. The summed E-state index contributed by atoms with van der Waals surface area (Å²) >= 11 is 0. The van der Waals surface area contributed by atoms with E-state index in [1.807, 2.05) is 48.5 Å². The molecule has 0 atom stereocenters. The van der Waals surface area contributed by atoms with Gasteiger partial charge in [-0.25, -0.2) is 4.79 Å². The molecule has 3 rings (SSSR count). The Morgan fingerprint density at radius 1 is 0.815 bits per heavy atom.